The average molecular weight is 190 g/mol. The van der Waals surface area contributed by atoms with Crippen molar-refractivity contribution in [1.82, 2.24) is 5.32 Å². The molecule has 72 valence electrons. The zero-order chi connectivity index (χ0) is 9.03. The second-order valence-electron chi connectivity index (χ2n) is 3.46. The number of rotatable bonds is 3. The van der Waals surface area contributed by atoms with Crippen molar-refractivity contribution in [2.24, 2.45) is 5.92 Å². The van der Waals surface area contributed by atoms with E-state index in [1.54, 1.807) is 0 Å². The molecule has 1 saturated heterocycles. The molecule has 1 atom stereocenters. The number of nitrogens with one attached hydrogen (secondary N) is 2. The van der Waals surface area contributed by atoms with Gasteiger partial charge in [-0.25, -0.2) is 4.21 Å². The predicted octanol–water partition coefficient (Wildman–Crippen LogP) is 1.05. The third-order valence-electron chi connectivity index (χ3n) is 2.43. The van der Waals surface area contributed by atoms with Gasteiger partial charge in [0, 0.05) is 21.2 Å². The van der Waals surface area contributed by atoms with Crippen LogP contribution in [0.5, 0.6) is 0 Å². The highest BCUT2D eigenvalue weighted by molar-refractivity contribution is 7.92. The van der Waals surface area contributed by atoms with Crippen molar-refractivity contribution >= 4 is 9.73 Å². The molecule has 1 fully saturated rings. The molecule has 1 heterocycles. The van der Waals surface area contributed by atoms with Crippen LogP contribution in [0, 0.1) is 10.7 Å². The van der Waals surface area contributed by atoms with Crippen LogP contribution in [-0.4, -0.2) is 28.8 Å². The van der Waals surface area contributed by atoms with E-state index in [2.05, 4.69) is 5.32 Å². The van der Waals surface area contributed by atoms with Crippen LogP contribution in [0.4, 0.5) is 0 Å². The van der Waals surface area contributed by atoms with Gasteiger partial charge in [-0.1, -0.05) is 6.92 Å². The highest BCUT2D eigenvalue weighted by atomic mass is 32.2. The van der Waals surface area contributed by atoms with E-state index >= 15 is 0 Å². The first-order chi connectivity index (χ1) is 5.64. The van der Waals surface area contributed by atoms with Gasteiger partial charge in [0.15, 0.2) is 0 Å². The molecular formula is C8H18N2OS. The Morgan fingerprint density at radius 1 is 1.50 bits per heavy atom. The second kappa shape index (κ2) is 4.23. The van der Waals surface area contributed by atoms with E-state index in [9.17, 15) is 4.21 Å². The molecule has 0 aromatic heterocycles. The van der Waals surface area contributed by atoms with Crippen molar-refractivity contribution in [2.45, 2.75) is 19.8 Å². The molecule has 0 bridgehead atoms. The Labute approximate surface area is 74.9 Å². The molecule has 0 aromatic carbocycles. The standard InChI is InChI=1S/C8H18N2OS/c1-2-12(9,11)7-8-3-5-10-6-4-8/h8-10H,2-7H2,1H3. The summed E-state index contributed by atoms with van der Waals surface area (Å²) in [5, 5.41) is 3.26. The molecule has 3 nitrogen and oxygen atoms in total. The van der Waals surface area contributed by atoms with Crippen LogP contribution >= 0.6 is 0 Å². The monoisotopic (exact) mass is 190 g/mol. The van der Waals surface area contributed by atoms with E-state index in [1.165, 1.54) is 0 Å². The Morgan fingerprint density at radius 2 is 2.08 bits per heavy atom. The Hall–Kier alpha value is -0.0900. The number of hydrogen-bond acceptors (Lipinski definition) is 3. The molecule has 0 aliphatic carbocycles. The molecule has 12 heavy (non-hydrogen) atoms. The highest BCUT2D eigenvalue weighted by Gasteiger charge is 2.17. The van der Waals surface area contributed by atoms with Crippen molar-refractivity contribution in [2.75, 3.05) is 24.6 Å². The Balaban J connectivity index is 2.39. The zero-order valence-electron chi connectivity index (χ0n) is 7.64. The first kappa shape index (κ1) is 9.99. The lowest BCUT2D eigenvalue weighted by Crippen LogP contribution is -2.31. The van der Waals surface area contributed by atoms with Gasteiger partial charge in [0.05, 0.1) is 0 Å². The van der Waals surface area contributed by atoms with Gasteiger partial charge in [0.2, 0.25) is 0 Å². The fraction of sp³-hybridized carbons (Fsp3) is 1.00. The van der Waals surface area contributed by atoms with Crippen molar-refractivity contribution < 1.29 is 4.21 Å². The zero-order valence-corrected chi connectivity index (χ0v) is 8.45. The Morgan fingerprint density at radius 3 is 2.58 bits per heavy atom. The average Bonchev–Trinajstić information content (AvgIpc) is 2.06. The van der Waals surface area contributed by atoms with Crippen LogP contribution in [0.1, 0.15) is 19.8 Å². The first-order valence-corrected chi connectivity index (χ1v) is 6.48. The van der Waals surface area contributed by atoms with Crippen LogP contribution < -0.4 is 5.32 Å². The van der Waals surface area contributed by atoms with Gasteiger partial charge in [0.1, 0.15) is 0 Å². The molecule has 1 unspecified atom stereocenters. The Bertz CT molecular complexity index is 217. The topological polar surface area (TPSA) is 53.0 Å². The van der Waals surface area contributed by atoms with Crippen molar-refractivity contribution in [3.63, 3.8) is 0 Å². The van der Waals surface area contributed by atoms with Crippen LogP contribution in [0.2, 0.25) is 0 Å². The maximum Gasteiger partial charge on any atom is 0.0441 e. The summed E-state index contributed by atoms with van der Waals surface area (Å²) in [6.07, 6.45) is 2.19. The van der Waals surface area contributed by atoms with Crippen LogP contribution in [0.3, 0.4) is 0 Å². The van der Waals surface area contributed by atoms with Gasteiger partial charge >= 0.3 is 0 Å². The second-order valence-corrected chi connectivity index (χ2v) is 5.99. The summed E-state index contributed by atoms with van der Waals surface area (Å²) >= 11 is 0. The maximum absolute atomic E-state index is 11.5. The summed E-state index contributed by atoms with van der Waals surface area (Å²) in [5.41, 5.74) is 0. The van der Waals surface area contributed by atoms with E-state index in [4.69, 9.17) is 4.78 Å². The van der Waals surface area contributed by atoms with Crippen LogP contribution in [0.25, 0.3) is 0 Å². The SMILES string of the molecule is CCS(=N)(=O)CC1CCNCC1. The molecule has 0 saturated carbocycles. The molecule has 0 spiro atoms. The lowest BCUT2D eigenvalue weighted by molar-refractivity contribution is 0.404. The van der Waals surface area contributed by atoms with Crippen molar-refractivity contribution in [3.05, 3.63) is 0 Å². The normalized spacial score (nSPS) is 25.1. The molecule has 1 aliphatic rings. The fourth-order valence-corrected chi connectivity index (χ4v) is 2.88. The molecule has 0 aromatic rings. The van der Waals surface area contributed by atoms with Gasteiger partial charge in [-0.05, 0) is 31.8 Å². The summed E-state index contributed by atoms with van der Waals surface area (Å²) in [7, 11) is -2.25. The largest absolute Gasteiger partial charge is 0.317 e. The van der Waals surface area contributed by atoms with E-state index in [-0.39, 0.29) is 0 Å². The minimum absolute atomic E-state index is 0.511. The minimum atomic E-state index is -2.25. The molecule has 4 heteroatoms. The molecule has 0 radical (unpaired) electrons. The molecule has 2 N–H and O–H groups in total. The van der Waals surface area contributed by atoms with Crippen molar-refractivity contribution in [1.29, 1.82) is 4.78 Å². The maximum atomic E-state index is 11.5. The third kappa shape index (κ3) is 3.11. The summed E-state index contributed by atoms with van der Waals surface area (Å²) in [6.45, 7) is 3.91. The highest BCUT2D eigenvalue weighted by Crippen LogP contribution is 2.14. The summed E-state index contributed by atoms with van der Waals surface area (Å²) in [6, 6.07) is 0. The predicted molar refractivity (Wildman–Crippen MR) is 51.9 cm³/mol. The lowest BCUT2D eigenvalue weighted by Gasteiger charge is -2.22. The molecule has 1 aliphatic heterocycles. The summed E-state index contributed by atoms with van der Waals surface area (Å²) in [5.74, 6) is 1.65. The van der Waals surface area contributed by atoms with Gasteiger partial charge in [-0.3, -0.25) is 4.78 Å². The smallest absolute Gasteiger partial charge is 0.0441 e. The van der Waals surface area contributed by atoms with E-state index in [0.29, 0.717) is 17.4 Å². The molecular weight excluding hydrogens is 172 g/mol. The fourth-order valence-electron chi connectivity index (χ4n) is 1.55. The number of hydrogen-bond donors (Lipinski definition) is 2. The quantitative estimate of drug-likeness (QED) is 0.699. The summed E-state index contributed by atoms with van der Waals surface area (Å²) in [4.78, 5) is 0. The van der Waals surface area contributed by atoms with Gasteiger partial charge in [-0.15, -0.1) is 0 Å². The van der Waals surface area contributed by atoms with Gasteiger partial charge < -0.3 is 5.32 Å². The summed E-state index contributed by atoms with van der Waals surface area (Å²) < 4.78 is 19.0. The van der Waals surface area contributed by atoms with E-state index in [1.807, 2.05) is 6.92 Å². The third-order valence-corrected chi connectivity index (χ3v) is 4.37. The number of piperidine rings is 1. The lowest BCUT2D eigenvalue weighted by atomic mass is 10.0. The van der Waals surface area contributed by atoms with E-state index in [0.717, 1.165) is 25.9 Å². The van der Waals surface area contributed by atoms with Gasteiger partial charge in [0.25, 0.3) is 0 Å². The molecule has 0 amide bonds. The van der Waals surface area contributed by atoms with Crippen molar-refractivity contribution in [3.8, 4) is 0 Å². The minimum Gasteiger partial charge on any atom is -0.317 e. The Kier molecular flexibility index (Phi) is 3.53. The van der Waals surface area contributed by atoms with Crippen LogP contribution in [0.15, 0.2) is 0 Å². The first-order valence-electron chi connectivity index (χ1n) is 4.59. The molecule has 1 rings (SSSR count). The van der Waals surface area contributed by atoms with Crippen LogP contribution in [-0.2, 0) is 9.73 Å². The van der Waals surface area contributed by atoms with E-state index < -0.39 is 9.73 Å². The van der Waals surface area contributed by atoms with Gasteiger partial charge in [-0.2, -0.15) is 0 Å².